The Kier molecular flexibility index (Phi) is 5.11. The summed E-state index contributed by atoms with van der Waals surface area (Å²) in [6, 6.07) is 7.00. The third kappa shape index (κ3) is 4.05. The van der Waals surface area contributed by atoms with Gasteiger partial charge in [-0.15, -0.1) is 5.10 Å². The molecule has 0 fully saturated rings. The van der Waals surface area contributed by atoms with Crippen LogP contribution in [0.3, 0.4) is 0 Å². The zero-order chi connectivity index (χ0) is 16.0. The Balaban J connectivity index is 1.97. The summed E-state index contributed by atoms with van der Waals surface area (Å²) in [6.45, 7) is 3.93. The number of carbonyl (C=O) groups is 1. The van der Waals surface area contributed by atoms with Crippen LogP contribution in [0.5, 0.6) is 0 Å². The van der Waals surface area contributed by atoms with Crippen LogP contribution in [0.25, 0.3) is 5.69 Å². The molecule has 0 aliphatic heterocycles. The minimum absolute atomic E-state index is 0.0389. The zero-order valence-corrected chi connectivity index (χ0v) is 12.8. The fraction of sp³-hybridized carbons (Fsp3) is 0.400. The fourth-order valence-electron chi connectivity index (χ4n) is 2.05. The van der Waals surface area contributed by atoms with Crippen molar-refractivity contribution in [1.29, 1.82) is 0 Å². The van der Waals surface area contributed by atoms with Crippen molar-refractivity contribution in [3.8, 4) is 5.69 Å². The van der Waals surface area contributed by atoms with Gasteiger partial charge in [-0.2, -0.15) is 0 Å². The van der Waals surface area contributed by atoms with E-state index < -0.39 is 5.54 Å². The van der Waals surface area contributed by atoms with Crippen LogP contribution in [0.1, 0.15) is 26.7 Å². The number of rotatable bonds is 6. The summed E-state index contributed by atoms with van der Waals surface area (Å²) in [5, 5.41) is 22.4. The second-order valence-corrected chi connectivity index (χ2v) is 5.36. The van der Waals surface area contributed by atoms with Crippen molar-refractivity contribution >= 4 is 11.7 Å². The zero-order valence-electron chi connectivity index (χ0n) is 12.8. The number of benzene rings is 1. The van der Waals surface area contributed by atoms with Crippen LogP contribution in [0.4, 0.5) is 10.5 Å². The molecule has 1 aromatic heterocycles. The molecule has 7 heteroatoms. The van der Waals surface area contributed by atoms with E-state index in [-0.39, 0.29) is 12.6 Å². The summed E-state index contributed by atoms with van der Waals surface area (Å²) in [6.07, 6.45) is 4.61. The van der Waals surface area contributed by atoms with Crippen LogP contribution < -0.4 is 10.6 Å². The summed E-state index contributed by atoms with van der Waals surface area (Å²) in [5.41, 5.74) is 1.13. The van der Waals surface area contributed by atoms with E-state index in [4.69, 9.17) is 5.11 Å². The molecule has 0 saturated heterocycles. The van der Waals surface area contributed by atoms with Crippen molar-refractivity contribution in [3.63, 3.8) is 0 Å². The molecule has 7 nitrogen and oxygen atoms in total. The summed E-state index contributed by atoms with van der Waals surface area (Å²) in [5.74, 6) is 0. The molecule has 0 radical (unpaired) electrons. The van der Waals surface area contributed by atoms with Crippen molar-refractivity contribution in [3.05, 3.63) is 36.7 Å². The SMILES string of the molecule is CCC(C)(CCO)NC(=O)Nc1ccc(-n2ccnn2)cc1. The van der Waals surface area contributed by atoms with E-state index in [1.165, 1.54) is 0 Å². The van der Waals surface area contributed by atoms with Crippen LogP contribution in [-0.4, -0.2) is 38.3 Å². The Labute approximate surface area is 129 Å². The van der Waals surface area contributed by atoms with Gasteiger partial charge in [0.05, 0.1) is 18.1 Å². The molecule has 1 heterocycles. The molecule has 0 saturated carbocycles. The predicted octanol–water partition coefficient (Wildman–Crippen LogP) is 1.94. The molecule has 0 bridgehead atoms. The van der Waals surface area contributed by atoms with Crippen molar-refractivity contribution in [1.82, 2.24) is 20.3 Å². The fourth-order valence-corrected chi connectivity index (χ4v) is 2.05. The van der Waals surface area contributed by atoms with E-state index in [0.29, 0.717) is 12.1 Å². The quantitative estimate of drug-likeness (QED) is 0.760. The molecule has 0 spiro atoms. The third-order valence-electron chi connectivity index (χ3n) is 3.67. The number of aromatic nitrogens is 3. The van der Waals surface area contributed by atoms with E-state index in [1.54, 1.807) is 29.2 Å². The lowest BCUT2D eigenvalue weighted by molar-refractivity contribution is 0.208. The van der Waals surface area contributed by atoms with Crippen molar-refractivity contribution < 1.29 is 9.90 Å². The second kappa shape index (κ2) is 7.04. The minimum Gasteiger partial charge on any atom is -0.396 e. The van der Waals surface area contributed by atoms with Gasteiger partial charge in [0.15, 0.2) is 0 Å². The first kappa shape index (κ1) is 16.0. The van der Waals surface area contributed by atoms with Gasteiger partial charge < -0.3 is 15.7 Å². The maximum Gasteiger partial charge on any atom is 0.319 e. The number of urea groups is 1. The molecule has 2 aromatic rings. The number of nitrogens with zero attached hydrogens (tertiary/aromatic N) is 3. The van der Waals surface area contributed by atoms with Crippen LogP contribution in [0.15, 0.2) is 36.7 Å². The third-order valence-corrected chi connectivity index (χ3v) is 3.67. The minimum atomic E-state index is -0.417. The highest BCUT2D eigenvalue weighted by molar-refractivity contribution is 5.89. The van der Waals surface area contributed by atoms with Gasteiger partial charge in [0.25, 0.3) is 0 Å². The largest absolute Gasteiger partial charge is 0.396 e. The van der Waals surface area contributed by atoms with E-state index in [1.807, 2.05) is 26.0 Å². The molecule has 2 amide bonds. The van der Waals surface area contributed by atoms with Gasteiger partial charge in [0, 0.05) is 17.8 Å². The van der Waals surface area contributed by atoms with Gasteiger partial charge in [0.2, 0.25) is 0 Å². The topological polar surface area (TPSA) is 92.1 Å². The highest BCUT2D eigenvalue weighted by Gasteiger charge is 2.23. The molecule has 3 N–H and O–H groups in total. The van der Waals surface area contributed by atoms with E-state index >= 15 is 0 Å². The number of aliphatic hydroxyl groups is 1. The molecular formula is C15H21N5O2. The lowest BCUT2D eigenvalue weighted by Crippen LogP contribution is -2.48. The molecule has 1 aromatic carbocycles. The first-order chi connectivity index (χ1) is 10.6. The molecule has 2 rings (SSSR count). The molecule has 1 unspecified atom stereocenters. The average Bonchev–Trinajstić information content (AvgIpc) is 3.02. The van der Waals surface area contributed by atoms with Crippen LogP contribution in [-0.2, 0) is 0 Å². The maximum absolute atomic E-state index is 12.0. The number of amides is 2. The molecule has 0 aliphatic rings. The lowest BCUT2D eigenvalue weighted by atomic mass is 9.95. The summed E-state index contributed by atoms with van der Waals surface area (Å²) in [7, 11) is 0. The van der Waals surface area contributed by atoms with Gasteiger partial charge in [-0.1, -0.05) is 12.1 Å². The van der Waals surface area contributed by atoms with Crippen LogP contribution >= 0.6 is 0 Å². The normalized spacial score (nSPS) is 13.4. The summed E-state index contributed by atoms with van der Waals surface area (Å²) >= 11 is 0. The summed E-state index contributed by atoms with van der Waals surface area (Å²) in [4.78, 5) is 12.0. The van der Waals surface area contributed by atoms with Crippen LogP contribution in [0, 0.1) is 0 Å². The average molecular weight is 303 g/mol. The van der Waals surface area contributed by atoms with Gasteiger partial charge in [0.1, 0.15) is 0 Å². The standard InChI is InChI=1S/C15H21N5O2/c1-3-15(2,8-11-21)18-14(22)17-12-4-6-13(7-5-12)20-10-9-16-19-20/h4-7,9-10,21H,3,8,11H2,1-2H3,(H2,17,18,22). The Morgan fingerprint density at radius 1 is 1.36 bits per heavy atom. The highest BCUT2D eigenvalue weighted by atomic mass is 16.3. The van der Waals surface area contributed by atoms with Gasteiger partial charge in [-0.25, -0.2) is 9.48 Å². The molecule has 22 heavy (non-hydrogen) atoms. The Bertz CT molecular complexity index is 597. The van der Waals surface area contributed by atoms with Gasteiger partial charge in [-0.05, 0) is 44.0 Å². The Morgan fingerprint density at radius 2 is 2.09 bits per heavy atom. The lowest BCUT2D eigenvalue weighted by Gasteiger charge is -2.29. The molecule has 118 valence electrons. The number of hydrogen-bond donors (Lipinski definition) is 3. The first-order valence-corrected chi connectivity index (χ1v) is 7.23. The Hall–Kier alpha value is -2.41. The smallest absolute Gasteiger partial charge is 0.319 e. The summed E-state index contributed by atoms with van der Waals surface area (Å²) < 4.78 is 1.64. The second-order valence-electron chi connectivity index (χ2n) is 5.36. The highest BCUT2D eigenvalue weighted by Crippen LogP contribution is 2.15. The monoisotopic (exact) mass is 303 g/mol. The van der Waals surface area contributed by atoms with E-state index in [9.17, 15) is 4.79 Å². The maximum atomic E-state index is 12.0. The predicted molar refractivity (Wildman–Crippen MR) is 83.9 cm³/mol. The van der Waals surface area contributed by atoms with Crippen molar-refractivity contribution in [2.75, 3.05) is 11.9 Å². The molecule has 1 atom stereocenters. The Morgan fingerprint density at radius 3 is 2.64 bits per heavy atom. The number of hydrogen-bond acceptors (Lipinski definition) is 4. The number of anilines is 1. The number of carbonyl (C=O) groups excluding carboxylic acids is 1. The number of nitrogens with one attached hydrogen (secondary N) is 2. The molecular weight excluding hydrogens is 282 g/mol. The molecule has 0 aliphatic carbocycles. The van der Waals surface area contributed by atoms with Gasteiger partial charge >= 0.3 is 6.03 Å². The van der Waals surface area contributed by atoms with Crippen molar-refractivity contribution in [2.24, 2.45) is 0 Å². The van der Waals surface area contributed by atoms with Gasteiger partial charge in [-0.3, -0.25) is 0 Å². The van der Waals surface area contributed by atoms with Crippen LogP contribution in [0.2, 0.25) is 0 Å². The van der Waals surface area contributed by atoms with E-state index in [0.717, 1.165) is 12.1 Å². The first-order valence-electron chi connectivity index (χ1n) is 7.23. The van der Waals surface area contributed by atoms with E-state index in [2.05, 4.69) is 20.9 Å². The number of aliphatic hydroxyl groups excluding tert-OH is 1. The van der Waals surface area contributed by atoms with Crippen molar-refractivity contribution in [2.45, 2.75) is 32.2 Å².